The van der Waals surface area contributed by atoms with Crippen LogP contribution >= 0.6 is 18.9 Å². The zero-order valence-electron chi connectivity index (χ0n) is 15.9. The molecule has 0 N–H and O–H groups in total. The van der Waals surface area contributed by atoms with E-state index < -0.39 is 7.26 Å². The summed E-state index contributed by atoms with van der Waals surface area (Å²) in [5.41, 5.74) is 1.63. The monoisotopic (exact) mass is 401 g/mol. The molecule has 0 bridgehead atoms. The molecule has 0 aliphatic rings. The van der Waals surface area contributed by atoms with Gasteiger partial charge >= 0.3 is 0 Å². The van der Waals surface area contributed by atoms with Crippen LogP contribution in [-0.2, 0) is 0 Å². The van der Waals surface area contributed by atoms with Gasteiger partial charge in [0, 0.05) is 5.02 Å². The molecule has 0 aliphatic carbocycles. The van der Waals surface area contributed by atoms with Gasteiger partial charge in [-0.15, -0.1) is 0 Å². The lowest BCUT2D eigenvalue weighted by Crippen LogP contribution is -2.34. The Balaban J connectivity index is 2.05. The van der Waals surface area contributed by atoms with Crippen molar-refractivity contribution in [3.63, 3.8) is 0 Å². The third-order valence-electron chi connectivity index (χ3n) is 5.42. The molecule has 0 saturated carbocycles. The molecule has 28 heavy (non-hydrogen) atoms. The standard InChI is InChI=1S/C26H23ClP/c1-21(22-17-19-23(27)20-18-22)28(24-11-5-2-6-12-24,25-13-7-3-8-14-25)26-15-9-4-10-16-26/h2-21H,1H3/q+1. The first-order valence-electron chi connectivity index (χ1n) is 9.54. The zero-order chi connectivity index (χ0) is 19.4. The maximum absolute atomic E-state index is 6.19. The molecule has 4 aromatic carbocycles. The predicted molar refractivity (Wildman–Crippen MR) is 125 cm³/mol. The Hall–Kier alpha value is -2.40. The van der Waals surface area contributed by atoms with E-state index in [0.717, 1.165) is 5.02 Å². The lowest BCUT2D eigenvalue weighted by Gasteiger charge is -2.33. The molecule has 1 unspecified atom stereocenters. The van der Waals surface area contributed by atoms with Crippen molar-refractivity contribution in [1.82, 2.24) is 0 Å². The Labute approximate surface area is 173 Å². The normalized spacial score (nSPS) is 12.5. The Morgan fingerprint density at radius 2 is 0.893 bits per heavy atom. The van der Waals surface area contributed by atoms with Gasteiger partial charge in [-0.05, 0) is 61.0 Å². The first-order chi connectivity index (χ1) is 13.7. The highest BCUT2D eigenvalue weighted by molar-refractivity contribution is 7.95. The summed E-state index contributed by atoms with van der Waals surface area (Å²) in [6.07, 6.45) is 0. The minimum Gasteiger partial charge on any atom is -0.0843 e. The maximum Gasteiger partial charge on any atom is 0.119 e. The minimum atomic E-state index is -1.92. The molecule has 1 atom stereocenters. The van der Waals surface area contributed by atoms with Crippen LogP contribution in [0.1, 0.15) is 18.1 Å². The third kappa shape index (κ3) is 3.39. The average Bonchev–Trinajstić information content (AvgIpc) is 2.77. The van der Waals surface area contributed by atoms with E-state index in [1.807, 2.05) is 12.1 Å². The summed E-state index contributed by atoms with van der Waals surface area (Å²) in [5.74, 6) is 0. The van der Waals surface area contributed by atoms with Crippen LogP contribution < -0.4 is 15.9 Å². The largest absolute Gasteiger partial charge is 0.119 e. The van der Waals surface area contributed by atoms with Crippen LogP contribution in [0.4, 0.5) is 0 Å². The first kappa shape index (κ1) is 18.9. The molecule has 4 rings (SSSR count). The molecule has 0 heterocycles. The molecule has 0 radical (unpaired) electrons. The molecule has 0 fully saturated rings. The topological polar surface area (TPSA) is 0 Å². The average molecular weight is 402 g/mol. The molecule has 0 saturated heterocycles. The molecular weight excluding hydrogens is 379 g/mol. The van der Waals surface area contributed by atoms with Crippen LogP contribution in [0.5, 0.6) is 0 Å². The summed E-state index contributed by atoms with van der Waals surface area (Å²) in [6, 6.07) is 41.4. The smallest absolute Gasteiger partial charge is 0.0843 e. The Bertz CT molecular complexity index is 916. The van der Waals surface area contributed by atoms with E-state index in [1.165, 1.54) is 21.5 Å². The fourth-order valence-corrected chi connectivity index (χ4v) is 8.98. The van der Waals surface area contributed by atoms with Gasteiger partial charge in [-0.25, -0.2) is 0 Å². The van der Waals surface area contributed by atoms with Gasteiger partial charge in [-0.2, -0.15) is 0 Å². The third-order valence-corrected chi connectivity index (χ3v) is 10.5. The molecule has 138 valence electrons. The highest BCUT2D eigenvalue weighted by atomic mass is 35.5. The molecule has 0 amide bonds. The van der Waals surface area contributed by atoms with Gasteiger partial charge in [0.15, 0.2) is 0 Å². The number of halogens is 1. The van der Waals surface area contributed by atoms with Crippen LogP contribution in [0.15, 0.2) is 115 Å². The Kier molecular flexibility index (Phi) is 5.62. The van der Waals surface area contributed by atoms with Gasteiger partial charge in [0.1, 0.15) is 28.8 Å². The minimum absolute atomic E-state index is 0.317. The van der Waals surface area contributed by atoms with Crippen molar-refractivity contribution >= 4 is 34.8 Å². The van der Waals surface area contributed by atoms with Crippen LogP contribution in [0.25, 0.3) is 0 Å². The number of hydrogen-bond acceptors (Lipinski definition) is 0. The molecule has 2 heteroatoms. The zero-order valence-corrected chi connectivity index (χ0v) is 17.5. The summed E-state index contributed by atoms with van der Waals surface area (Å²) in [5, 5.41) is 4.97. The Morgan fingerprint density at radius 1 is 0.536 bits per heavy atom. The van der Waals surface area contributed by atoms with Crippen molar-refractivity contribution in [3.05, 3.63) is 126 Å². The van der Waals surface area contributed by atoms with Crippen molar-refractivity contribution in [2.75, 3.05) is 0 Å². The summed E-state index contributed by atoms with van der Waals surface area (Å²) in [4.78, 5) is 0. The molecule has 0 spiro atoms. The van der Waals surface area contributed by atoms with Crippen molar-refractivity contribution in [3.8, 4) is 0 Å². The van der Waals surface area contributed by atoms with E-state index in [-0.39, 0.29) is 0 Å². The number of hydrogen-bond donors (Lipinski definition) is 0. The van der Waals surface area contributed by atoms with Gasteiger partial charge < -0.3 is 0 Å². The van der Waals surface area contributed by atoms with E-state index in [2.05, 4.69) is 110 Å². The molecular formula is C26H23ClP+. The van der Waals surface area contributed by atoms with E-state index in [0.29, 0.717) is 5.66 Å². The molecule has 0 aromatic heterocycles. The van der Waals surface area contributed by atoms with E-state index in [9.17, 15) is 0 Å². The molecule has 0 nitrogen and oxygen atoms in total. The van der Waals surface area contributed by atoms with E-state index in [4.69, 9.17) is 11.6 Å². The van der Waals surface area contributed by atoms with Crippen LogP contribution in [-0.4, -0.2) is 0 Å². The van der Waals surface area contributed by atoms with Gasteiger partial charge in [0.05, 0.1) is 0 Å². The summed E-state index contributed by atoms with van der Waals surface area (Å²) in [6.45, 7) is 2.37. The quantitative estimate of drug-likeness (QED) is 0.340. The van der Waals surface area contributed by atoms with Crippen LogP contribution in [0.2, 0.25) is 5.02 Å². The number of benzene rings is 4. The lowest BCUT2D eigenvalue weighted by atomic mass is 10.2. The molecule has 0 aliphatic heterocycles. The fourth-order valence-electron chi connectivity index (χ4n) is 4.07. The summed E-state index contributed by atoms with van der Waals surface area (Å²) in [7, 11) is -1.92. The van der Waals surface area contributed by atoms with Crippen LogP contribution in [0, 0.1) is 0 Å². The second-order valence-corrected chi connectivity index (χ2v) is 11.2. The molecule has 4 aromatic rings. The van der Waals surface area contributed by atoms with Crippen molar-refractivity contribution in [2.45, 2.75) is 12.6 Å². The SMILES string of the molecule is CC(c1ccc(Cl)cc1)[P+](c1ccccc1)(c1ccccc1)c1ccccc1. The number of rotatable bonds is 5. The fraction of sp³-hybridized carbons (Fsp3) is 0.0769. The van der Waals surface area contributed by atoms with Crippen LogP contribution in [0.3, 0.4) is 0 Å². The van der Waals surface area contributed by atoms with Crippen molar-refractivity contribution in [2.24, 2.45) is 0 Å². The second kappa shape index (κ2) is 8.31. The Morgan fingerprint density at radius 3 is 1.25 bits per heavy atom. The van der Waals surface area contributed by atoms with Crippen molar-refractivity contribution < 1.29 is 0 Å². The van der Waals surface area contributed by atoms with Gasteiger partial charge in [-0.1, -0.05) is 78.3 Å². The van der Waals surface area contributed by atoms with Gasteiger partial charge in [0.2, 0.25) is 0 Å². The highest BCUT2D eigenvalue weighted by Gasteiger charge is 2.50. The highest BCUT2D eigenvalue weighted by Crippen LogP contribution is 2.66. The maximum atomic E-state index is 6.19. The predicted octanol–water partition coefficient (Wildman–Crippen LogP) is 6.40. The summed E-state index contributed by atoms with van der Waals surface area (Å²) < 4.78 is 0. The lowest BCUT2D eigenvalue weighted by molar-refractivity contribution is 1.08. The summed E-state index contributed by atoms with van der Waals surface area (Å²) >= 11 is 6.19. The van der Waals surface area contributed by atoms with Gasteiger partial charge in [0.25, 0.3) is 0 Å². The second-order valence-electron chi connectivity index (χ2n) is 6.96. The van der Waals surface area contributed by atoms with Gasteiger partial charge in [-0.3, -0.25) is 0 Å². The van der Waals surface area contributed by atoms with E-state index in [1.54, 1.807) is 0 Å². The van der Waals surface area contributed by atoms with E-state index >= 15 is 0 Å². The van der Waals surface area contributed by atoms with Crippen molar-refractivity contribution in [1.29, 1.82) is 0 Å². The first-order valence-corrected chi connectivity index (χ1v) is 11.8.